The van der Waals surface area contributed by atoms with E-state index >= 15 is 0 Å². The van der Waals surface area contributed by atoms with Crippen molar-refractivity contribution in [3.63, 3.8) is 0 Å². The van der Waals surface area contributed by atoms with Crippen molar-refractivity contribution < 1.29 is 13.6 Å². The summed E-state index contributed by atoms with van der Waals surface area (Å²) < 4.78 is 28.6. The van der Waals surface area contributed by atoms with Gasteiger partial charge in [0.25, 0.3) is 5.92 Å². The van der Waals surface area contributed by atoms with Crippen LogP contribution < -0.4 is 10.2 Å². The lowest BCUT2D eigenvalue weighted by molar-refractivity contribution is -0.119. The third-order valence-corrected chi connectivity index (χ3v) is 8.33. The molecule has 0 bridgehead atoms. The molecule has 2 aromatic heterocycles. The number of hydrogen-bond acceptors (Lipinski definition) is 3. The SMILES string of the molecule is CN(C(=O)CC1CCNCC1)c1ccc2cc(-c3n[nH]c4c3C[C@@H]3C(F)(F)C3(C)C4)[nH]c2c1. The highest BCUT2D eigenvalue weighted by molar-refractivity contribution is 5.96. The monoisotopic (exact) mass is 453 g/mol. The van der Waals surface area contributed by atoms with Crippen LogP contribution in [0.4, 0.5) is 14.5 Å². The highest BCUT2D eigenvalue weighted by Crippen LogP contribution is 2.70. The standard InChI is InChI=1S/C25H29F2N5O/c1-24-13-20-17(12-21(24)25(24,26)27)23(31-30-20)19-10-15-3-4-16(11-18(15)29-19)32(2)22(33)9-14-5-7-28-8-6-14/h3-4,10-11,14,21,28-29H,5-9,12-13H2,1-2H3,(H,30,31)/t21-,24?/m0/s1. The van der Waals surface area contributed by atoms with Gasteiger partial charge in [-0.05, 0) is 56.5 Å². The first kappa shape index (κ1) is 20.8. The lowest BCUT2D eigenvalue weighted by atomic mass is 9.87. The molecule has 0 spiro atoms. The number of nitrogens with one attached hydrogen (secondary N) is 3. The maximum Gasteiger partial charge on any atom is 0.258 e. The first-order chi connectivity index (χ1) is 15.8. The highest BCUT2D eigenvalue weighted by atomic mass is 19.3. The molecule has 3 heterocycles. The Morgan fingerprint density at radius 1 is 1.24 bits per heavy atom. The van der Waals surface area contributed by atoms with Gasteiger partial charge in [0.15, 0.2) is 0 Å². The fraction of sp³-hybridized carbons (Fsp3) is 0.520. The van der Waals surface area contributed by atoms with E-state index in [0.29, 0.717) is 25.2 Å². The molecule has 1 saturated heterocycles. The van der Waals surface area contributed by atoms with Crippen LogP contribution >= 0.6 is 0 Å². The number of alkyl halides is 2. The van der Waals surface area contributed by atoms with Gasteiger partial charge in [-0.3, -0.25) is 9.89 Å². The molecule has 1 saturated carbocycles. The highest BCUT2D eigenvalue weighted by Gasteiger charge is 2.78. The van der Waals surface area contributed by atoms with Gasteiger partial charge in [-0.1, -0.05) is 13.0 Å². The summed E-state index contributed by atoms with van der Waals surface area (Å²) in [4.78, 5) is 18.0. The van der Waals surface area contributed by atoms with E-state index in [1.807, 2.05) is 31.3 Å². The Labute approximate surface area is 191 Å². The predicted octanol–water partition coefficient (Wildman–Crippen LogP) is 4.28. The van der Waals surface area contributed by atoms with Gasteiger partial charge in [0, 0.05) is 59.1 Å². The second kappa shape index (κ2) is 7.13. The molecule has 8 heteroatoms. The molecule has 1 aromatic carbocycles. The van der Waals surface area contributed by atoms with Crippen molar-refractivity contribution in [1.29, 1.82) is 0 Å². The number of hydrogen-bond donors (Lipinski definition) is 3. The number of anilines is 1. The van der Waals surface area contributed by atoms with Crippen LogP contribution in [0, 0.1) is 17.3 Å². The molecular formula is C25H29F2N5O. The lowest BCUT2D eigenvalue weighted by Crippen LogP contribution is -2.33. The fourth-order valence-electron chi connectivity index (χ4n) is 5.90. The zero-order valence-corrected chi connectivity index (χ0v) is 19.0. The quantitative estimate of drug-likeness (QED) is 0.552. The molecule has 174 valence electrons. The summed E-state index contributed by atoms with van der Waals surface area (Å²) in [5, 5.41) is 11.8. The van der Waals surface area contributed by atoms with Gasteiger partial charge >= 0.3 is 0 Å². The van der Waals surface area contributed by atoms with Crippen LogP contribution in [0.2, 0.25) is 0 Å². The summed E-state index contributed by atoms with van der Waals surface area (Å²) in [5.74, 6) is -2.65. The van der Waals surface area contributed by atoms with Crippen LogP contribution in [0.3, 0.4) is 0 Å². The number of H-pyrrole nitrogens is 2. The van der Waals surface area contributed by atoms with E-state index in [1.54, 1.807) is 11.8 Å². The van der Waals surface area contributed by atoms with Crippen LogP contribution in [-0.4, -0.2) is 47.1 Å². The molecule has 1 unspecified atom stereocenters. The summed E-state index contributed by atoms with van der Waals surface area (Å²) in [5.41, 5.74) is 4.06. The van der Waals surface area contributed by atoms with Crippen molar-refractivity contribution in [2.24, 2.45) is 17.3 Å². The number of aromatic nitrogens is 3. The van der Waals surface area contributed by atoms with Crippen LogP contribution in [0.25, 0.3) is 22.3 Å². The zero-order chi connectivity index (χ0) is 23.0. The average molecular weight is 454 g/mol. The van der Waals surface area contributed by atoms with Gasteiger partial charge in [-0.15, -0.1) is 0 Å². The van der Waals surface area contributed by atoms with Crippen LogP contribution in [-0.2, 0) is 17.6 Å². The number of nitrogens with zero attached hydrogens (tertiary/aromatic N) is 2. The zero-order valence-electron chi connectivity index (χ0n) is 19.0. The topological polar surface area (TPSA) is 76.8 Å². The molecule has 2 aliphatic carbocycles. The van der Waals surface area contributed by atoms with E-state index in [-0.39, 0.29) is 5.91 Å². The summed E-state index contributed by atoms with van der Waals surface area (Å²) in [7, 11) is 1.82. The van der Waals surface area contributed by atoms with Crippen molar-refractivity contribution in [3.05, 3.63) is 35.5 Å². The van der Waals surface area contributed by atoms with E-state index in [1.165, 1.54) is 0 Å². The predicted molar refractivity (Wildman–Crippen MR) is 123 cm³/mol. The molecule has 0 radical (unpaired) electrons. The molecule has 2 atom stereocenters. The Morgan fingerprint density at radius 3 is 2.82 bits per heavy atom. The number of fused-ring (bicyclic) bond motifs is 3. The van der Waals surface area contributed by atoms with Gasteiger partial charge in [-0.25, -0.2) is 8.78 Å². The van der Waals surface area contributed by atoms with Gasteiger partial charge in [0.1, 0.15) is 5.69 Å². The van der Waals surface area contributed by atoms with Crippen LogP contribution in [0.15, 0.2) is 24.3 Å². The Kier molecular flexibility index (Phi) is 4.50. The molecule has 3 N–H and O–H groups in total. The van der Waals surface area contributed by atoms with Gasteiger partial charge in [0.05, 0.1) is 5.69 Å². The molecule has 1 amide bonds. The number of rotatable bonds is 4. The second-order valence-corrected chi connectivity index (χ2v) is 10.3. The largest absolute Gasteiger partial charge is 0.353 e. The Bertz CT molecular complexity index is 1240. The fourth-order valence-corrected chi connectivity index (χ4v) is 5.90. The van der Waals surface area contributed by atoms with Crippen molar-refractivity contribution in [1.82, 2.24) is 20.5 Å². The van der Waals surface area contributed by atoms with Crippen molar-refractivity contribution in [2.75, 3.05) is 25.0 Å². The second-order valence-electron chi connectivity index (χ2n) is 10.3. The summed E-state index contributed by atoms with van der Waals surface area (Å²) in [6.07, 6.45) is 3.33. The number of carbonyl (C=O) groups is 1. The summed E-state index contributed by atoms with van der Waals surface area (Å²) in [6.45, 7) is 3.63. The van der Waals surface area contributed by atoms with Crippen molar-refractivity contribution in [2.45, 2.75) is 45.0 Å². The maximum absolute atomic E-state index is 14.3. The van der Waals surface area contributed by atoms with Crippen LogP contribution in [0.1, 0.15) is 37.4 Å². The summed E-state index contributed by atoms with van der Waals surface area (Å²) in [6, 6.07) is 7.93. The number of benzene rings is 1. The lowest BCUT2D eigenvalue weighted by Gasteiger charge is -2.25. The molecule has 6 rings (SSSR count). The third kappa shape index (κ3) is 3.14. The van der Waals surface area contributed by atoms with E-state index in [2.05, 4.69) is 20.5 Å². The molecule has 3 aromatic rings. The van der Waals surface area contributed by atoms with E-state index in [4.69, 9.17) is 0 Å². The molecule has 6 nitrogen and oxygen atoms in total. The third-order valence-electron chi connectivity index (χ3n) is 8.33. The maximum atomic E-state index is 14.3. The molecule has 33 heavy (non-hydrogen) atoms. The number of aromatic amines is 2. The first-order valence-corrected chi connectivity index (χ1v) is 11.8. The Morgan fingerprint density at radius 2 is 2.03 bits per heavy atom. The Balaban J connectivity index is 1.24. The number of piperidine rings is 1. The average Bonchev–Trinajstić information content (AvgIpc) is 3.21. The first-order valence-electron chi connectivity index (χ1n) is 11.8. The molecule has 2 fully saturated rings. The van der Waals surface area contributed by atoms with E-state index < -0.39 is 17.3 Å². The van der Waals surface area contributed by atoms with Crippen molar-refractivity contribution in [3.8, 4) is 11.4 Å². The van der Waals surface area contributed by atoms with E-state index in [0.717, 1.165) is 65.2 Å². The molecule has 1 aliphatic heterocycles. The number of carbonyl (C=O) groups excluding carboxylic acids is 1. The van der Waals surface area contributed by atoms with E-state index in [9.17, 15) is 13.6 Å². The normalized spacial score (nSPS) is 26.1. The molecular weight excluding hydrogens is 424 g/mol. The van der Waals surface area contributed by atoms with Crippen molar-refractivity contribution >= 4 is 22.5 Å². The summed E-state index contributed by atoms with van der Waals surface area (Å²) >= 11 is 0. The van der Waals surface area contributed by atoms with Gasteiger partial charge in [-0.2, -0.15) is 5.10 Å². The van der Waals surface area contributed by atoms with Gasteiger partial charge in [0.2, 0.25) is 5.91 Å². The minimum atomic E-state index is -2.61. The minimum Gasteiger partial charge on any atom is -0.353 e. The minimum absolute atomic E-state index is 0.128. The number of amides is 1. The Hall–Kier alpha value is -2.74. The smallest absolute Gasteiger partial charge is 0.258 e. The van der Waals surface area contributed by atoms with Gasteiger partial charge < -0.3 is 15.2 Å². The molecule has 3 aliphatic rings. The number of halogens is 2. The van der Waals surface area contributed by atoms with Crippen LogP contribution in [0.5, 0.6) is 0 Å².